The molecule has 4 N–H and O–H groups in total. The van der Waals surface area contributed by atoms with Crippen molar-refractivity contribution in [2.45, 2.75) is 27.7 Å². The van der Waals surface area contributed by atoms with Crippen LogP contribution in [0, 0.1) is 27.7 Å². The highest BCUT2D eigenvalue weighted by Crippen LogP contribution is 2.31. The molecule has 0 saturated heterocycles. The Morgan fingerprint density at radius 1 is 0.808 bits per heavy atom. The minimum absolute atomic E-state index is 0.732. The molecule has 0 radical (unpaired) electrons. The van der Waals surface area contributed by atoms with Gasteiger partial charge in [-0.25, -0.2) is 4.98 Å². The van der Waals surface area contributed by atoms with Crippen LogP contribution in [0.25, 0.3) is 27.8 Å². The SMILES string of the molecule is Cc1c(N)c(C)c2c(nc3c(C)cc(N)cc3[n+]2-c2ccccc2)c1C. The Hall–Kier alpha value is -3.14. The van der Waals surface area contributed by atoms with Crippen LogP contribution in [0.15, 0.2) is 42.5 Å². The number of rotatable bonds is 1. The van der Waals surface area contributed by atoms with Crippen LogP contribution < -0.4 is 16.0 Å². The maximum Gasteiger partial charge on any atom is 0.242 e. The van der Waals surface area contributed by atoms with Gasteiger partial charge >= 0.3 is 0 Å². The third kappa shape index (κ3) is 2.22. The third-order valence-electron chi connectivity index (χ3n) is 5.31. The zero-order valence-corrected chi connectivity index (χ0v) is 15.6. The highest BCUT2D eigenvalue weighted by atomic mass is 15.0. The second kappa shape index (κ2) is 5.70. The quantitative estimate of drug-likeness (QED) is 0.311. The number of nitrogens with zero attached hydrogens (tertiary/aromatic N) is 2. The van der Waals surface area contributed by atoms with Crippen LogP contribution >= 0.6 is 0 Å². The lowest BCUT2D eigenvalue weighted by molar-refractivity contribution is -0.538. The van der Waals surface area contributed by atoms with Crippen LogP contribution in [-0.2, 0) is 0 Å². The van der Waals surface area contributed by atoms with Crippen molar-refractivity contribution in [2.75, 3.05) is 11.5 Å². The van der Waals surface area contributed by atoms with Crippen LogP contribution in [-0.4, -0.2) is 4.98 Å². The standard InChI is InChI=1S/C22H22N4/c1-12-10-16(23)11-18-20(12)25-21-14(3)13(2)19(24)15(4)22(21)26(18)17-8-6-5-7-9-17/h5-11H,1-4H3,(H3,23,24)/p+1. The van der Waals surface area contributed by atoms with Crippen molar-refractivity contribution in [1.82, 2.24) is 4.98 Å². The summed E-state index contributed by atoms with van der Waals surface area (Å²) in [5.41, 5.74) is 23.5. The Balaban J connectivity index is 2.37. The van der Waals surface area contributed by atoms with E-state index < -0.39 is 0 Å². The molecule has 0 aliphatic carbocycles. The van der Waals surface area contributed by atoms with Gasteiger partial charge in [-0.2, -0.15) is 0 Å². The summed E-state index contributed by atoms with van der Waals surface area (Å²) in [5.74, 6) is 0. The highest BCUT2D eigenvalue weighted by molar-refractivity contribution is 5.92. The van der Waals surface area contributed by atoms with E-state index in [4.69, 9.17) is 16.5 Å². The van der Waals surface area contributed by atoms with E-state index in [0.29, 0.717) is 0 Å². The fourth-order valence-corrected chi connectivity index (χ4v) is 3.74. The van der Waals surface area contributed by atoms with Gasteiger partial charge in [0.1, 0.15) is 11.0 Å². The summed E-state index contributed by atoms with van der Waals surface area (Å²) < 4.78 is 2.24. The monoisotopic (exact) mass is 343 g/mol. The van der Waals surface area contributed by atoms with Crippen LogP contribution in [0.2, 0.25) is 0 Å². The number of aromatic nitrogens is 2. The third-order valence-corrected chi connectivity index (χ3v) is 5.31. The summed E-state index contributed by atoms with van der Waals surface area (Å²) >= 11 is 0. The highest BCUT2D eigenvalue weighted by Gasteiger charge is 2.26. The van der Waals surface area contributed by atoms with Gasteiger partial charge < -0.3 is 11.5 Å². The molecule has 0 saturated carbocycles. The van der Waals surface area contributed by atoms with E-state index in [1.165, 1.54) is 0 Å². The van der Waals surface area contributed by atoms with E-state index in [-0.39, 0.29) is 0 Å². The molecule has 0 aliphatic heterocycles. The lowest BCUT2D eigenvalue weighted by Gasteiger charge is -2.14. The first-order valence-electron chi connectivity index (χ1n) is 8.76. The molecule has 130 valence electrons. The van der Waals surface area contributed by atoms with Crippen LogP contribution in [0.5, 0.6) is 0 Å². The van der Waals surface area contributed by atoms with Gasteiger partial charge in [-0.15, -0.1) is 4.57 Å². The lowest BCUT2D eigenvalue weighted by Crippen LogP contribution is -2.34. The fourth-order valence-electron chi connectivity index (χ4n) is 3.74. The van der Waals surface area contributed by atoms with Crippen molar-refractivity contribution in [1.29, 1.82) is 0 Å². The van der Waals surface area contributed by atoms with Crippen molar-refractivity contribution in [2.24, 2.45) is 0 Å². The molecule has 0 unspecified atom stereocenters. The molecule has 3 aromatic carbocycles. The van der Waals surface area contributed by atoms with Crippen LogP contribution in [0.1, 0.15) is 22.3 Å². The molecular formula is C22H23N4+. The summed E-state index contributed by atoms with van der Waals surface area (Å²) in [7, 11) is 0. The number of nitrogens with two attached hydrogens (primary N) is 2. The summed E-state index contributed by atoms with van der Waals surface area (Å²) in [6, 6.07) is 14.3. The van der Waals surface area contributed by atoms with Gasteiger partial charge in [-0.05, 0) is 50.5 Å². The summed E-state index contributed by atoms with van der Waals surface area (Å²) in [5, 5.41) is 0. The van der Waals surface area contributed by atoms with Gasteiger partial charge in [0.25, 0.3) is 0 Å². The number of aryl methyl sites for hydroxylation is 3. The summed E-state index contributed by atoms with van der Waals surface area (Å²) in [6.07, 6.45) is 0. The van der Waals surface area contributed by atoms with Gasteiger partial charge in [0.2, 0.25) is 16.7 Å². The van der Waals surface area contributed by atoms with E-state index in [0.717, 1.165) is 61.4 Å². The average Bonchev–Trinajstić information content (AvgIpc) is 2.64. The topological polar surface area (TPSA) is 68.8 Å². The molecule has 4 rings (SSSR count). The van der Waals surface area contributed by atoms with Gasteiger partial charge in [-0.3, -0.25) is 0 Å². The lowest BCUT2D eigenvalue weighted by atomic mass is 9.99. The van der Waals surface area contributed by atoms with E-state index in [9.17, 15) is 0 Å². The first-order chi connectivity index (χ1) is 12.4. The minimum Gasteiger partial charge on any atom is -0.399 e. The van der Waals surface area contributed by atoms with Gasteiger partial charge in [-0.1, -0.05) is 18.2 Å². The average molecular weight is 343 g/mol. The number of para-hydroxylation sites is 1. The molecule has 4 heteroatoms. The Bertz CT molecular complexity index is 1180. The molecule has 0 amide bonds. The predicted molar refractivity (Wildman–Crippen MR) is 109 cm³/mol. The smallest absolute Gasteiger partial charge is 0.242 e. The number of anilines is 2. The van der Waals surface area contributed by atoms with E-state index in [1.807, 2.05) is 30.3 Å². The molecule has 1 aromatic heterocycles. The van der Waals surface area contributed by atoms with Crippen molar-refractivity contribution in [3.8, 4) is 5.69 Å². The van der Waals surface area contributed by atoms with Gasteiger partial charge in [0.05, 0.1) is 0 Å². The molecule has 0 fully saturated rings. The van der Waals surface area contributed by atoms with Crippen molar-refractivity contribution < 1.29 is 4.57 Å². The largest absolute Gasteiger partial charge is 0.399 e. The van der Waals surface area contributed by atoms with Crippen molar-refractivity contribution >= 4 is 33.4 Å². The molecule has 0 aliphatic rings. The van der Waals surface area contributed by atoms with E-state index >= 15 is 0 Å². The van der Waals surface area contributed by atoms with Crippen molar-refractivity contribution in [3.05, 3.63) is 64.7 Å². The maximum absolute atomic E-state index is 6.43. The molecular weight excluding hydrogens is 320 g/mol. The van der Waals surface area contributed by atoms with E-state index in [1.54, 1.807) is 0 Å². The minimum atomic E-state index is 0.732. The van der Waals surface area contributed by atoms with Crippen LogP contribution in [0.4, 0.5) is 11.4 Å². The number of nitrogen functional groups attached to an aromatic ring is 2. The fraction of sp³-hybridized carbons (Fsp3) is 0.182. The second-order valence-corrected chi connectivity index (χ2v) is 6.97. The van der Waals surface area contributed by atoms with Gasteiger partial charge in [0.15, 0.2) is 0 Å². The molecule has 1 heterocycles. The molecule has 26 heavy (non-hydrogen) atoms. The Morgan fingerprint density at radius 2 is 1.50 bits per heavy atom. The number of benzene rings is 3. The summed E-state index contributed by atoms with van der Waals surface area (Å²) in [6.45, 7) is 8.27. The molecule has 4 nitrogen and oxygen atoms in total. The zero-order valence-electron chi connectivity index (χ0n) is 15.6. The molecule has 0 spiro atoms. The zero-order chi connectivity index (χ0) is 18.6. The molecule has 0 atom stereocenters. The molecule has 0 bridgehead atoms. The Morgan fingerprint density at radius 3 is 2.19 bits per heavy atom. The Labute approximate surface area is 153 Å². The van der Waals surface area contributed by atoms with E-state index in [2.05, 4.69) is 44.4 Å². The number of hydrogen-bond acceptors (Lipinski definition) is 3. The predicted octanol–water partition coefficient (Wildman–Crippen LogP) is 4.06. The first-order valence-corrected chi connectivity index (χ1v) is 8.76. The van der Waals surface area contributed by atoms with Gasteiger partial charge in [0, 0.05) is 35.1 Å². The normalized spacial score (nSPS) is 11.4. The van der Waals surface area contributed by atoms with Crippen molar-refractivity contribution in [3.63, 3.8) is 0 Å². The summed E-state index contributed by atoms with van der Waals surface area (Å²) in [4.78, 5) is 5.03. The molecule has 4 aromatic rings. The Kier molecular flexibility index (Phi) is 3.58. The van der Waals surface area contributed by atoms with Crippen LogP contribution in [0.3, 0.4) is 0 Å². The number of fused-ring (bicyclic) bond motifs is 2. The number of hydrogen-bond donors (Lipinski definition) is 2. The maximum atomic E-state index is 6.43. The first kappa shape index (κ1) is 16.3. The second-order valence-electron chi connectivity index (χ2n) is 6.97.